The highest BCUT2D eigenvalue weighted by molar-refractivity contribution is 7.99. The molecule has 1 aromatic carbocycles. The number of hydrogen-bond acceptors (Lipinski definition) is 5. The molecule has 0 fully saturated rings. The highest BCUT2D eigenvalue weighted by atomic mass is 35.5. The van der Waals surface area contributed by atoms with Crippen molar-refractivity contribution >= 4 is 35.3 Å². The van der Waals surface area contributed by atoms with Gasteiger partial charge in [-0.3, -0.25) is 10.1 Å². The second kappa shape index (κ2) is 7.98. The highest BCUT2D eigenvalue weighted by Gasteiger charge is 2.14. The molecule has 23 heavy (non-hydrogen) atoms. The lowest BCUT2D eigenvalue weighted by atomic mass is 10.2. The van der Waals surface area contributed by atoms with E-state index >= 15 is 0 Å². The third kappa shape index (κ3) is 4.70. The first-order valence-corrected chi connectivity index (χ1v) is 8.28. The van der Waals surface area contributed by atoms with Gasteiger partial charge in [-0.05, 0) is 31.2 Å². The predicted molar refractivity (Wildman–Crippen MR) is 89.2 cm³/mol. The Bertz CT molecular complexity index is 702. The number of carbonyl (C=O) groups is 2. The van der Waals surface area contributed by atoms with E-state index in [9.17, 15) is 9.59 Å². The van der Waals surface area contributed by atoms with E-state index in [4.69, 9.17) is 17.3 Å². The molecule has 0 radical (unpaired) electrons. The summed E-state index contributed by atoms with van der Waals surface area (Å²) in [7, 11) is 0. The van der Waals surface area contributed by atoms with E-state index in [-0.39, 0.29) is 6.42 Å². The smallest absolute Gasteiger partial charge is 0.318 e. The number of carbonyl (C=O) groups excluding carboxylic acids is 2. The van der Waals surface area contributed by atoms with Gasteiger partial charge in [0.2, 0.25) is 5.91 Å². The van der Waals surface area contributed by atoms with E-state index < -0.39 is 11.9 Å². The fourth-order valence-electron chi connectivity index (χ4n) is 1.93. The first kappa shape index (κ1) is 17.3. The molecule has 9 heteroatoms. The fourth-order valence-corrected chi connectivity index (χ4v) is 2.99. The lowest BCUT2D eigenvalue weighted by Gasteiger charge is -2.07. The van der Waals surface area contributed by atoms with Crippen LogP contribution in [0.2, 0.25) is 5.02 Å². The summed E-state index contributed by atoms with van der Waals surface area (Å²) in [5.74, 6) is 0.802. The Labute approximate surface area is 142 Å². The largest absolute Gasteiger partial charge is 0.351 e. The molecule has 0 aliphatic heterocycles. The molecule has 0 saturated carbocycles. The number of imide groups is 1. The zero-order valence-corrected chi connectivity index (χ0v) is 14.0. The van der Waals surface area contributed by atoms with Crippen LogP contribution in [0, 0.1) is 0 Å². The number of amides is 3. The Hall–Kier alpha value is -2.06. The van der Waals surface area contributed by atoms with Crippen molar-refractivity contribution in [2.45, 2.75) is 25.0 Å². The summed E-state index contributed by atoms with van der Waals surface area (Å²) in [5, 5.41) is 11.8. The molecule has 0 aliphatic carbocycles. The van der Waals surface area contributed by atoms with E-state index in [0.29, 0.717) is 22.5 Å². The lowest BCUT2D eigenvalue weighted by Crippen LogP contribution is -2.35. The Morgan fingerprint density at radius 1 is 1.30 bits per heavy atom. The van der Waals surface area contributed by atoms with Gasteiger partial charge < -0.3 is 10.3 Å². The number of aromatic nitrogens is 3. The second-order valence-corrected chi connectivity index (χ2v) is 6.07. The van der Waals surface area contributed by atoms with E-state index in [1.807, 2.05) is 28.9 Å². The minimum Gasteiger partial charge on any atom is -0.351 e. The third-order valence-electron chi connectivity index (χ3n) is 2.96. The first-order valence-electron chi connectivity index (χ1n) is 6.92. The fraction of sp³-hybridized carbons (Fsp3) is 0.286. The van der Waals surface area contributed by atoms with Crippen molar-refractivity contribution in [3.05, 3.63) is 29.3 Å². The standard InChI is InChI=1S/C14H16ClN5O2S/c1-2-20-12(9-3-5-10(15)6-4-9)18-19-14(20)23-8-7-11(21)17-13(16)22/h3-6H,2,7-8H2,1H3,(H3,16,17,21,22). The van der Waals surface area contributed by atoms with Crippen LogP contribution in [0.25, 0.3) is 11.4 Å². The van der Waals surface area contributed by atoms with Crippen LogP contribution in [0.1, 0.15) is 13.3 Å². The molecule has 0 aliphatic rings. The van der Waals surface area contributed by atoms with Crippen molar-refractivity contribution in [1.82, 2.24) is 20.1 Å². The number of nitrogens with zero attached hydrogens (tertiary/aromatic N) is 3. The molecule has 3 amide bonds. The number of nitrogens with one attached hydrogen (secondary N) is 1. The molecule has 1 aromatic heterocycles. The number of primary amides is 1. The number of benzene rings is 1. The van der Waals surface area contributed by atoms with E-state index in [2.05, 4.69) is 10.2 Å². The average molecular weight is 354 g/mol. The molecule has 0 unspecified atom stereocenters. The van der Waals surface area contributed by atoms with Gasteiger partial charge in [0.1, 0.15) is 0 Å². The van der Waals surface area contributed by atoms with Gasteiger partial charge >= 0.3 is 6.03 Å². The van der Waals surface area contributed by atoms with Gasteiger partial charge in [0.15, 0.2) is 11.0 Å². The van der Waals surface area contributed by atoms with Gasteiger partial charge in [0.25, 0.3) is 0 Å². The quantitative estimate of drug-likeness (QED) is 0.775. The average Bonchev–Trinajstić information content (AvgIpc) is 2.90. The molecule has 7 nitrogen and oxygen atoms in total. The Balaban J connectivity index is 2.05. The molecule has 3 N–H and O–H groups in total. The summed E-state index contributed by atoms with van der Waals surface area (Å²) in [6, 6.07) is 6.52. The topological polar surface area (TPSA) is 103 Å². The monoisotopic (exact) mass is 353 g/mol. The number of rotatable bonds is 6. The molecule has 0 saturated heterocycles. The molecular formula is C14H16ClN5O2S. The Morgan fingerprint density at radius 2 is 2.00 bits per heavy atom. The van der Waals surface area contributed by atoms with Crippen molar-refractivity contribution in [3.8, 4) is 11.4 Å². The van der Waals surface area contributed by atoms with Crippen LogP contribution in [-0.2, 0) is 11.3 Å². The summed E-state index contributed by atoms with van der Waals surface area (Å²) in [5.41, 5.74) is 5.81. The van der Waals surface area contributed by atoms with Crippen molar-refractivity contribution in [2.24, 2.45) is 5.73 Å². The molecule has 0 spiro atoms. The van der Waals surface area contributed by atoms with Crippen molar-refractivity contribution in [2.75, 3.05) is 5.75 Å². The van der Waals surface area contributed by atoms with Crippen LogP contribution in [0.5, 0.6) is 0 Å². The van der Waals surface area contributed by atoms with Crippen LogP contribution >= 0.6 is 23.4 Å². The van der Waals surface area contributed by atoms with Crippen molar-refractivity contribution in [1.29, 1.82) is 0 Å². The SMILES string of the molecule is CCn1c(SCCC(=O)NC(N)=O)nnc1-c1ccc(Cl)cc1. The second-order valence-electron chi connectivity index (χ2n) is 4.57. The van der Waals surface area contributed by atoms with Crippen LogP contribution in [0.15, 0.2) is 29.4 Å². The van der Waals surface area contributed by atoms with Crippen LogP contribution in [-0.4, -0.2) is 32.5 Å². The summed E-state index contributed by atoms with van der Waals surface area (Å²) in [6.07, 6.45) is 0.167. The number of urea groups is 1. The summed E-state index contributed by atoms with van der Waals surface area (Å²) >= 11 is 7.29. The van der Waals surface area contributed by atoms with E-state index in [0.717, 1.165) is 11.4 Å². The maximum absolute atomic E-state index is 11.4. The van der Waals surface area contributed by atoms with Gasteiger partial charge in [-0.1, -0.05) is 23.4 Å². The predicted octanol–water partition coefficient (Wildman–Crippen LogP) is 2.30. The first-order chi connectivity index (χ1) is 11.0. The molecule has 0 atom stereocenters. The number of thioether (sulfide) groups is 1. The molecule has 0 bridgehead atoms. The highest BCUT2D eigenvalue weighted by Crippen LogP contribution is 2.25. The Morgan fingerprint density at radius 3 is 2.61 bits per heavy atom. The van der Waals surface area contributed by atoms with Gasteiger partial charge in [0, 0.05) is 29.3 Å². The Kier molecular flexibility index (Phi) is 6.00. The number of nitrogens with two attached hydrogens (primary N) is 1. The number of halogens is 1. The van der Waals surface area contributed by atoms with Gasteiger partial charge in [-0.15, -0.1) is 10.2 Å². The summed E-state index contributed by atoms with van der Waals surface area (Å²) in [6.45, 7) is 2.69. The van der Waals surface area contributed by atoms with Crippen LogP contribution < -0.4 is 11.1 Å². The normalized spacial score (nSPS) is 10.5. The zero-order valence-electron chi connectivity index (χ0n) is 12.5. The minimum atomic E-state index is -0.846. The number of hydrogen-bond donors (Lipinski definition) is 2. The van der Waals surface area contributed by atoms with E-state index in [1.54, 1.807) is 12.1 Å². The molecular weight excluding hydrogens is 338 g/mol. The lowest BCUT2D eigenvalue weighted by molar-refractivity contribution is -0.119. The summed E-state index contributed by atoms with van der Waals surface area (Å²) < 4.78 is 1.96. The third-order valence-corrected chi connectivity index (χ3v) is 4.18. The summed E-state index contributed by atoms with van der Waals surface area (Å²) in [4.78, 5) is 22.0. The minimum absolute atomic E-state index is 0.167. The van der Waals surface area contributed by atoms with Gasteiger partial charge in [-0.2, -0.15) is 0 Å². The molecule has 2 aromatic rings. The van der Waals surface area contributed by atoms with Gasteiger partial charge in [0.05, 0.1) is 0 Å². The van der Waals surface area contributed by atoms with Crippen molar-refractivity contribution < 1.29 is 9.59 Å². The van der Waals surface area contributed by atoms with Crippen LogP contribution in [0.3, 0.4) is 0 Å². The van der Waals surface area contributed by atoms with Crippen LogP contribution in [0.4, 0.5) is 4.79 Å². The maximum atomic E-state index is 11.4. The van der Waals surface area contributed by atoms with Gasteiger partial charge in [-0.25, -0.2) is 4.79 Å². The molecule has 122 valence electrons. The zero-order chi connectivity index (χ0) is 16.8. The molecule has 1 heterocycles. The van der Waals surface area contributed by atoms with E-state index in [1.165, 1.54) is 11.8 Å². The van der Waals surface area contributed by atoms with Crippen molar-refractivity contribution in [3.63, 3.8) is 0 Å². The molecule has 2 rings (SSSR count). The maximum Gasteiger partial charge on any atom is 0.318 e.